The molecule has 2 atom stereocenters. The Morgan fingerprint density at radius 1 is 0.739 bits per heavy atom. The summed E-state index contributed by atoms with van der Waals surface area (Å²) >= 11 is -0.556. The molecule has 5 heteroatoms. The number of hydrogen-bond acceptors (Lipinski definition) is 2. The minimum absolute atomic E-state index is 0.398. The number of hydrogen-bond donors (Lipinski definition) is 0. The molecule has 0 aromatic heterocycles. The third-order valence-corrected chi connectivity index (χ3v) is 3.98. The average molecular weight is 389 g/mol. The molecule has 0 N–H and O–H groups in total. The Kier molecular flexibility index (Phi) is 11.2. The Morgan fingerprint density at radius 3 is 1.35 bits per heavy atom. The van der Waals surface area contributed by atoms with Crippen LogP contribution in [0, 0.1) is 63.2 Å². The van der Waals surface area contributed by atoms with Gasteiger partial charge < -0.3 is 9.47 Å². The molecule has 23 heavy (non-hydrogen) atoms. The van der Waals surface area contributed by atoms with E-state index in [9.17, 15) is 0 Å². The fourth-order valence-electron chi connectivity index (χ4n) is 2.89. The van der Waals surface area contributed by atoms with E-state index in [2.05, 4.69) is 51.4 Å². The van der Waals surface area contributed by atoms with Crippen molar-refractivity contribution in [2.75, 3.05) is 13.2 Å². The van der Waals surface area contributed by atoms with Crippen molar-refractivity contribution in [3.8, 4) is 0 Å². The summed E-state index contributed by atoms with van der Waals surface area (Å²) < 4.78 is 11.0. The second kappa shape index (κ2) is 12.5. The van der Waals surface area contributed by atoms with Crippen molar-refractivity contribution in [2.24, 2.45) is 0 Å². The Morgan fingerprint density at radius 2 is 1.09 bits per heavy atom. The summed E-state index contributed by atoms with van der Waals surface area (Å²) in [5.41, 5.74) is 0. The van der Waals surface area contributed by atoms with Crippen LogP contribution in [0.15, 0.2) is 0 Å². The summed E-state index contributed by atoms with van der Waals surface area (Å²) in [6.45, 7) is 1.88. The van der Waals surface area contributed by atoms with E-state index >= 15 is 0 Å². The zero-order valence-corrected chi connectivity index (χ0v) is 16.2. The van der Waals surface area contributed by atoms with Gasteiger partial charge in [0.1, 0.15) is 0 Å². The van der Waals surface area contributed by atoms with Gasteiger partial charge in [-0.05, 0) is 77.0 Å². The molecule has 2 saturated carbocycles. The van der Waals surface area contributed by atoms with Crippen LogP contribution < -0.4 is 0 Å². The third kappa shape index (κ3) is 7.54. The van der Waals surface area contributed by atoms with E-state index in [-0.39, 0.29) is 0 Å². The molecule has 2 aliphatic heterocycles. The molecule has 4 fully saturated rings. The number of halogens is 2. The quantitative estimate of drug-likeness (QED) is 0.647. The van der Waals surface area contributed by atoms with Crippen LogP contribution in [-0.4, -0.2) is 25.4 Å². The molecule has 124 valence electrons. The summed E-state index contributed by atoms with van der Waals surface area (Å²) in [6.07, 6.45) is 22.4. The molecule has 2 heterocycles. The first-order valence-electron chi connectivity index (χ1n) is 7.98. The van der Waals surface area contributed by atoms with Crippen molar-refractivity contribution < 1.29 is 26.5 Å². The summed E-state index contributed by atoms with van der Waals surface area (Å²) in [5, 5.41) is 0. The van der Waals surface area contributed by atoms with Crippen molar-refractivity contribution in [1.82, 2.24) is 0 Å². The van der Waals surface area contributed by atoms with Crippen molar-refractivity contribution in [3.63, 3.8) is 0 Å². The van der Waals surface area contributed by atoms with Crippen LogP contribution in [0.3, 0.4) is 0 Å². The first-order chi connectivity index (χ1) is 11.3. The summed E-state index contributed by atoms with van der Waals surface area (Å²) in [5.74, 6) is 2.69. The van der Waals surface area contributed by atoms with Gasteiger partial charge >= 0.3 is 35.6 Å². The van der Waals surface area contributed by atoms with Crippen LogP contribution in [-0.2, 0) is 26.5 Å². The zero-order chi connectivity index (χ0) is 16.3. The molecule has 0 bridgehead atoms. The van der Waals surface area contributed by atoms with Crippen molar-refractivity contribution in [2.45, 2.75) is 37.9 Å². The monoisotopic (exact) mass is 388 g/mol. The zero-order valence-electron chi connectivity index (χ0n) is 13.1. The first-order valence-corrected chi connectivity index (χ1v) is 12.3. The van der Waals surface area contributed by atoms with Gasteiger partial charge in [-0.25, -0.2) is 0 Å². The van der Waals surface area contributed by atoms with Crippen LogP contribution in [0.5, 0.6) is 0 Å². The Bertz CT molecular complexity index is 227. The van der Waals surface area contributed by atoms with Crippen LogP contribution in [0.4, 0.5) is 0 Å². The van der Waals surface area contributed by atoms with Gasteiger partial charge in [-0.3, -0.25) is 0 Å². The summed E-state index contributed by atoms with van der Waals surface area (Å²) in [7, 11) is 9.78. The molecule has 2 unspecified atom stereocenters. The fraction of sp³-hybridized carbons (Fsp3) is 0.444. The summed E-state index contributed by atoms with van der Waals surface area (Å²) in [6, 6.07) is 0. The molecule has 4 aliphatic rings. The van der Waals surface area contributed by atoms with Gasteiger partial charge in [0.05, 0.1) is 12.2 Å². The minimum atomic E-state index is -0.556. The van der Waals surface area contributed by atoms with Crippen LogP contribution >= 0.6 is 18.6 Å². The molecule has 0 amide bonds. The molecule has 2 saturated heterocycles. The maximum atomic E-state index is 5.50. The molecule has 0 aromatic rings. The van der Waals surface area contributed by atoms with Gasteiger partial charge in [0, 0.05) is 25.0 Å². The average Bonchev–Trinajstić information content (AvgIpc) is 3.40. The Balaban J connectivity index is 0.000000143. The predicted octanol–water partition coefficient (Wildman–Crippen LogP) is 4.52. The molecule has 0 spiro atoms. The van der Waals surface area contributed by atoms with E-state index in [1.54, 1.807) is 0 Å². The molecular formula is C18H22Cl2O2Ti. The molecule has 10 radical (unpaired) electrons. The van der Waals surface area contributed by atoms with E-state index < -0.39 is 17.0 Å². The predicted molar refractivity (Wildman–Crippen MR) is 90.5 cm³/mol. The van der Waals surface area contributed by atoms with E-state index in [4.69, 9.17) is 28.1 Å². The van der Waals surface area contributed by atoms with Gasteiger partial charge in [0.25, 0.3) is 0 Å². The van der Waals surface area contributed by atoms with Gasteiger partial charge in [-0.1, -0.05) is 0 Å². The fourth-order valence-corrected chi connectivity index (χ4v) is 2.89. The number of ether oxygens (including phenoxy) is 2. The second-order valence-corrected chi connectivity index (χ2v) is 8.09. The Labute approximate surface area is 159 Å². The van der Waals surface area contributed by atoms with E-state index in [0.29, 0.717) is 12.2 Å². The second-order valence-electron chi connectivity index (χ2n) is 5.51. The van der Waals surface area contributed by atoms with E-state index in [1.165, 1.54) is 37.5 Å². The molecular weight excluding hydrogens is 367 g/mol. The van der Waals surface area contributed by atoms with Gasteiger partial charge in [0.2, 0.25) is 0 Å². The first kappa shape index (κ1) is 20.5. The van der Waals surface area contributed by atoms with E-state index in [1.807, 2.05) is 0 Å². The van der Waals surface area contributed by atoms with Gasteiger partial charge in [-0.2, -0.15) is 0 Å². The maximum absolute atomic E-state index is 5.50. The standard InChI is InChI=1S/2C9H11O.2ClH.Ti/c2*1-2-5-8(4-1)9-6-3-7-10-9;;;/h2*1-2,4-5,9H,3,6-7H2;2*1H;/q;;;;+2/p-2. The van der Waals surface area contributed by atoms with Crippen molar-refractivity contribution in [1.29, 1.82) is 0 Å². The number of rotatable bonds is 2. The molecule has 4 rings (SSSR count). The Hall–Kier alpha value is 1.21. The van der Waals surface area contributed by atoms with Crippen LogP contribution in [0.25, 0.3) is 0 Å². The molecule has 2 aliphatic carbocycles. The van der Waals surface area contributed by atoms with Crippen molar-refractivity contribution >= 4 is 18.6 Å². The normalized spacial score (nSPS) is 31.4. The van der Waals surface area contributed by atoms with E-state index in [0.717, 1.165) is 13.2 Å². The molecule has 0 aromatic carbocycles. The SMILES string of the molecule is [CH]1[CH][CH][C](C2CCCO2)[CH]1.[CH]1[CH][CH][C](C2CCCO2)[CH]1.[Cl][Ti][Cl]. The van der Waals surface area contributed by atoms with Crippen LogP contribution in [0.1, 0.15) is 25.7 Å². The van der Waals surface area contributed by atoms with Crippen LogP contribution in [0.2, 0.25) is 0 Å². The topological polar surface area (TPSA) is 18.5 Å². The van der Waals surface area contributed by atoms with Crippen molar-refractivity contribution in [3.05, 3.63) is 63.2 Å². The van der Waals surface area contributed by atoms with Gasteiger partial charge in [-0.15, -0.1) is 0 Å². The van der Waals surface area contributed by atoms with Gasteiger partial charge in [0.15, 0.2) is 0 Å². The summed E-state index contributed by atoms with van der Waals surface area (Å²) in [4.78, 5) is 0. The molecule has 2 nitrogen and oxygen atoms in total. The third-order valence-electron chi connectivity index (χ3n) is 3.98.